The van der Waals surface area contributed by atoms with E-state index in [1.165, 1.54) is 167 Å². The Morgan fingerprint density at radius 2 is 0.626 bits per heavy atom. The zero-order valence-corrected chi connectivity index (χ0v) is 59.5. The molecule has 0 saturated carbocycles. The first-order valence-electron chi connectivity index (χ1n) is 37.3. The molecule has 91 heavy (non-hydrogen) atoms. The van der Waals surface area contributed by atoms with Crippen LogP contribution in [0, 0.1) is 0 Å². The topological polar surface area (TPSA) is 108 Å². The van der Waals surface area contributed by atoms with Crippen molar-refractivity contribution in [3.63, 3.8) is 0 Å². The van der Waals surface area contributed by atoms with Crippen molar-refractivity contribution in [1.82, 2.24) is 0 Å². The van der Waals surface area contributed by atoms with Gasteiger partial charge < -0.3 is 28.5 Å². The lowest BCUT2D eigenvalue weighted by molar-refractivity contribution is -0.870. The van der Waals surface area contributed by atoms with Gasteiger partial charge in [0.2, 0.25) is 0 Å². The van der Waals surface area contributed by atoms with E-state index in [0.717, 1.165) is 109 Å². The van der Waals surface area contributed by atoms with Crippen molar-refractivity contribution in [3.8, 4) is 0 Å². The molecule has 0 amide bonds. The average molecular weight is 1270 g/mol. The number of hydrogen-bond acceptors (Lipinski definition) is 7. The third kappa shape index (κ3) is 72.7. The minimum absolute atomic E-state index is 0.182. The summed E-state index contributed by atoms with van der Waals surface area (Å²) >= 11 is 0. The van der Waals surface area contributed by atoms with E-state index in [4.69, 9.17) is 18.9 Å². The number of carbonyl (C=O) groups excluding carboxylic acids is 2. The Bertz CT molecular complexity index is 1960. The summed E-state index contributed by atoms with van der Waals surface area (Å²) in [5.74, 6) is -2.01. The van der Waals surface area contributed by atoms with Crippen molar-refractivity contribution >= 4 is 17.9 Å². The van der Waals surface area contributed by atoms with E-state index in [2.05, 4.69) is 148 Å². The molecule has 0 radical (unpaired) electrons. The summed E-state index contributed by atoms with van der Waals surface area (Å²) in [4.78, 5) is 37.7. The molecule has 2 atom stereocenters. The van der Waals surface area contributed by atoms with Gasteiger partial charge in [-0.25, -0.2) is 4.79 Å². The van der Waals surface area contributed by atoms with E-state index in [9.17, 15) is 19.5 Å². The maximum Gasteiger partial charge on any atom is 0.361 e. The van der Waals surface area contributed by atoms with Gasteiger partial charge >= 0.3 is 17.9 Å². The molecule has 0 heterocycles. The number of nitrogens with zero attached hydrogens (tertiary/aromatic N) is 1. The van der Waals surface area contributed by atoms with Gasteiger partial charge in [-0.3, -0.25) is 9.59 Å². The van der Waals surface area contributed by atoms with Crippen LogP contribution in [-0.4, -0.2) is 87.4 Å². The van der Waals surface area contributed by atoms with Gasteiger partial charge in [-0.05, 0) is 116 Å². The maximum absolute atomic E-state index is 13.0. The summed E-state index contributed by atoms with van der Waals surface area (Å²) in [6, 6.07) is 0. The molecule has 9 nitrogen and oxygen atoms in total. The fraction of sp³-hybridized carbons (Fsp3) is 0.695. The number of quaternary nitrogens is 1. The third-order valence-corrected chi connectivity index (χ3v) is 15.9. The monoisotopic (exact) mass is 1270 g/mol. The molecule has 0 aromatic heterocycles. The highest BCUT2D eigenvalue weighted by Crippen LogP contribution is 2.17. The van der Waals surface area contributed by atoms with Gasteiger partial charge in [0.25, 0.3) is 6.29 Å². The Hall–Kier alpha value is -4.57. The number of ether oxygens (including phenoxy) is 4. The summed E-state index contributed by atoms with van der Waals surface area (Å²) in [5, 5.41) is 9.76. The third-order valence-electron chi connectivity index (χ3n) is 15.9. The lowest BCUT2D eigenvalue weighted by atomic mass is 10.0. The van der Waals surface area contributed by atoms with E-state index in [1.807, 2.05) is 21.1 Å². The van der Waals surface area contributed by atoms with Gasteiger partial charge in [0.15, 0.2) is 6.10 Å². The Morgan fingerprint density at radius 3 is 0.934 bits per heavy atom. The number of rotatable bonds is 68. The zero-order chi connectivity index (χ0) is 66.1. The van der Waals surface area contributed by atoms with Crippen LogP contribution in [0.15, 0.2) is 134 Å². The van der Waals surface area contributed by atoms with Crippen LogP contribution >= 0.6 is 0 Å². The van der Waals surface area contributed by atoms with Crippen LogP contribution < -0.4 is 0 Å². The van der Waals surface area contributed by atoms with Gasteiger partial charge in [0.05, 0.1) is 34.4 Å². The summed E-state index contributed by atoms with van der Waals surface area (Å²) in [6.45, 7) is 4.77. The van der Waals surface area contributed by atoms with Crippen LogP contribution in [0.5, 0.6) is 0 Å². The SMILES string of the molecule is CC/C=C\C/C=C\C/C=C\C/C=C\C/C=C\C/C=C\C/C=C\C/C=C\C/C=C\CCCCCCCCCCCCCC(=O)OC(COC(=O)CCCCCCCCCCCCCCCCC/C=C\C/C=C\CCCCCCC)COC(OCC[N+](C)(C)C)C(=O)O. The average Bonchev–Trinajstić information content (AvgIpc) is 3.46. The molecule has 0 fully saturated rings. The van der Waals surface area contributed by atoms with Crippen molar-refractivity contribution in [2.45, 2.75) is 322 Å². The second-order valence-electron chi connectivity index (χ2n) is 25.9. The van der Waals surface area contributed by atoms with Gasteiger partial charge in [-0.2, -0.15) is 0 Å². The first-order chi connectivity index (χ1) is 44.6. The second-order valence-corrected chi connectivity index (χ2v) is 25.9. The van der Waals surface area contributed by atoms with Crippen LogP contribution in [0.3, 0.4) is 0 Å². The molecule has 0 aromatic rings. The number of hydrogen-bond donors (Lipinski definition) is 1. The van der Waals surface area contributed by atoms with E-state index < -0.39 is 24.3 Å². The molecule has 0 saturated heterocycles. The largest absolute Gasteiger partial charge is 0.477 e. The predicted octanol–water partition coefficient (Wildman–Crippen LogP) is 23.7. The number of likely N-dealkylation sites (N-methyl/N-ethyl adjacent to an activating group) is 1. The van der Waals surface area contributed by atoms with Crippen LogP contribution in [0.25, 0.3) is 0 Å². The fourth-order valence-corrected chi connectivity index (χ4v) is 10.2. The molecular formula is C82H140NO8+. The molecule has 0 aromatic carbocycles. The fourth-order valence-electron chi connectivity index (χ4n) is 10.2. The highest BCUT2D eigenvalue weighted by molar-refractivity contribution is 5.71. The molecule has 1 N–H and O–H groups in total. The van der Waals surface area contributed by atoms with Crippen molar-refractivity contribution < 1.29 is 42.9 Å². The molecule has 0 aliphatic rings. The Labute approximate surface area is 560 Å². The van der Waals surface area contributed by atoms with Crippen LogP contribution in [-0.2, 0) is 33.3 Å². The number of carboxylic acids is 1. The number of carbonyl (C=O) groups is 3. The molecule has 0 bridgehead atoms. The van der Waals surface area contributed by atoms with Gasteiger partial charge in [0, 0.05) is 12.8 Å². The van der Waals surface area contributed by atoms with E-state index in [1.54, 1.807) is 0 Å². The minimum Gasteiger partial charge on any atom is -0.477 e. The summed E-state index contributed by atoms with van der Waals surface area (Å²) in [6.07, 6.45) is 100.0. The quantitative estimate of drug-likeness (QED) is 0.0211. The molecule has 2 unspecified atom stereocenters. The number of esters is 2. The Balaban J connectivity index is 4.12. The van der Waals surface area contributed by atoms with Gasteiger partial charge in [-0.15, -0.1) is 0 Å². The van der Waals surface area contributed by atoms with E-state index in [-0.39, 0.29) is 32.2 Å². The number of aliphatic carboxylic acids is 1. The van der Waals surface area contributed by atoms with Crippen molar-refractivity contribution in [2.24, 2.45) is 0 Å². The molecule has 9 heteroatoms. The van der Waals surface area contributed by atoms with Crippen molar-refractivity contribution in [1.29, 1.82) is 0 Å². The van der Waals surface area contributed by atoms with Gasteiger partial charge in [0.1, 0.15) is 13.2 Å². The van der Waals surface area contributed by atoms with Crippen LogP contribution in [0.1, 0.15) is 309 Å². The number of allylic oxidation sites excluding steroid dienone is 22. The highest BCUT2D eigenvalue weighted by atomic mass is 16.7. The first-order valence-corrected chi connectivity index (χ1v) is 37.3. The lowest BCUT2D eigenvalue weighted by Crippen LogP contribution is -2.40. The smallest absolute Gasteiger partial charge is 0.361 e. The summed E-state index contributed by atoms with van der Waals surface area (Å²) in [5.41, 5.74) is 0. The normalized spacial score (nSPS) is 13.5. The maximum atomic E-state index is 13.0. The number of unbranched alkanes of at least 4 members (excludes halogenated alkanes) is 31. The Morgan fingerprint density at radius 1 is 0.341 bits per heavy atom. The van der Waals surface area contributed by atoms with E-state index in [0.29, 0.717) is 23.9 Å². The van der Waals surface area contributed by atoms with Crippen LogP contribution in [0.4, 0.5) is 0 Å². The molecule has 520 valence electrons. The Kier molecular flexibility index (Phi) is 67.7. The van der Waals surface area contributed by atoms with Gasteiger partial charge in [-0.1, -0.05) is 314 Å². The summed E-state index contributed by atoms with van der Waals surface area (Å²) in [7, 11) is 5.98. The number of carboxylic acid groups (broad SMARTS) is 1. The summed E-state index contributed by atoms with van der Waals surface area (Å²) < 4.78 is 23.0. The predicted molar refractivity (Wildman–Crippen MR) is 391 cm³/mol. The second kappa shape index (κ2) is 71.3. The van der Waals surface area contributed by atoms with Crippen LogP contribution in [0.2, 0.25) is 0 Å². The molecule has 0 rings (SSSR count). The molecule has 0 aliphatic heterocycles. The molecule has 0 spiro atoms. The van der Waals surface area contributed by atoms with Crippen molar-refractivity contribution in [2.75, 3.05) is 47.5 Å². The highest BCUT2D eigenvalue weighted by Gasteiger charge is 2.25. The molecular weight excluding hydrogens is 1130 g/mol. The van der Waals surface area contributed by atoms with E-state index >= 15 is 0 Å². The standard InChI is InChI=1S/C82H139NO8/c1-6-8-10-12-14-16-18-20-22-24-26-28-30-32-34-35-36-37-38-39-40-41-42-43-44-45-47-49-51-53-55-57-59-61-63-65-67-69-71-73-80(85)91-78(77-90-82(81(86)87)88-75-74-83(3,4)5)76-89-79(84)72-70-68-66-64-62-60-58-56-54-52-50-48-46-33-31-29-27-25-23-21-19-17-15-13-11-9-7-2/h8,10,14,16,19-22,25-28,32,34,36-37,39-40,42-43,45,47,78,82H,6-7,9,11-13,15,17-18,23-24,29-31,33,35,38,41,44,46,48-77H2,1-5H3/p+1/b10-8-,16-14-,21-19-,22-20-,27-25-,28-26-,34-32-,37-36-,40-39-,43-42-,47-45-. The first kappa shape index (κ1) is 86.4. The lowest BCUT2D eigenvalue weighted by Gasteiger charge is -2.25. The molecule has 0 aliphatic carbocycles. The van der Waals surface area contributed by atoms with Crippen molar-refractivity contribution in [3.05, 3.63) is 134 Å². The zero-order valence-electron chi connectivity index (χ0n) is 59.5. The minimum atomic E-state index is -1.52.